The maximum Gasteiger partial charge on any atom is 0.261 e. The van der Waals surface area contributed by atoms with Gasteiger partial charge in [-0.2, -0.15) is 5.10 Å². The Labute approximate surface area is 204 Å². The Bertz CT molecular complexity index is 1610. The molecule has 0 saturated carbocycles. The molecule has 0 spiro atoms. The standard InChI is InChI=1S/C25H19ClN6O3/c1-31-14-17(12-29-31)24(33)30-23-11-20(7-8-27-23)35-19-5-6-22-21(10-19)25(34)32(15-28-22)13-16-3-2-4-18(26)9-16/h2-12,14-15H,13H2,1H3,(H,27,30,33). The third-order valence-electron chi connectivity index (χ3n) is 5.21. The van der Waals surface area contributed by atoms with E-state index in [4.69, 9.17) is 16.3 Å². The summed E-state index contributed by atoms with van der Waals surface area (Å²) in [5, 5.41) is 7.73. The van der Waals surface area contributed by atoms with Crippen LogP contribution in [0.5, 0.6) is 11.5 Å². The maximum atomic E-state index is 13.1. The van der Waals surface area contributed by atoms with Crippen LogP contribution in [-0.2, 0) is 13.6 Å². The summed E-state index contributed by atoms with van der Waals surface area (Å²) in [7, 11) is 1.73. The highest BCUT2D eigenvalue weighted by Crippen LogP contribution is 2.25. The van der Waals surface area contributed by atoms with Gasteiger partial charge in [-0.3, -0.25) is 18.8 Å². The average Bonchev–Trinajstić information content (AvgIpc) is 3.28. The van der Waals surface area contributed by atoms with Crippen molar-refractivity contribution in [2.24, 2.45) is 7.05 Å². The summed E-state index contributed by atoms with van der Waals surface area (Å²) in [6.45, 7) is 0.345. The van der Waals surface area contributed by atoms with Crippen LogP contribution < -0.4 is 15.6 Å². The number of nitrogens with zero attached hydrogens (tertiary/aromatic N) is 5. The van der Waals surface area contributed by atoms with E-state index in [1.807, 2.05) is 18.2 Å². The second kappa shape index (κ2) is 9.40. The molecule has 2 aromatic carbocycles. The van der Waals surface area contributed by atoms with Gasteiger partial charge in [0.05, 0.1) is 35.5 Å². The van der Waals surface area contributed by atoms with Crippen molar-refractivity contribution < 1.29 is 9.53 Å². The Morgan fingerprint density at radius 3 is 2.74 bits per heavy atom. The molecular weight excluding hydrogens is 468 g/mol. The summed E-state index contributed by atoms with van der Waals surface area (Å²) < 4.78 is 9.01. The lowest BCUT2D eigenvalue weighted by molar-refractivity contribution is 0.102. The van der Waals surface area contributed by atoms with Gasteiger partial charge in [0.1, 0.15) is 17.3 Å². The molecule has 0 unspecified atom stereocenters. The van der Waals surface area contributed by atoms with Crippen molar-refractivity contribution in [3.63, 3.8) is 0 Å². The van der Waals surface area contributed by atoms with E-state index in [0.29, 0.717) is 45.4 Å². The molecule has 3 heterocycles. The van der Waals surface area contributed by atoms with Crippen molar-refractivity contribution in [3.8, 4) is 11.5 Å². The second-order valence-electron chi connectivity index (χ2n) is 7.82. The van der Waals surface area contributed by atoms with Gasteiger partial charge in [-0.25, -0.2) is 9.97 Å². The molecule has 0 aliphatic carbocycles. The fraction of sp³-hybridized carbons (Fsp3) is 0.0800. The van der Waals surface area contributed by atoms with Crippen molar-refractivity contribution >= 4 is 34.2 Å². The predicted molar refractivity (Wildman–Crippen MR) is 132 cm³/mol. The third kappa shape index (κ3) is 5.04. The fourth-order valence-electron chi connectivity index (χ4n) is 3.55. The molecule has 1 N–H and O–H groups in total. The molecule has 3 aromatic heterocycles. The van der Waals surface area contributed by atoms with E-state index < -0.39 is 0 Å². The normalized spacial score (nSPS) is 10.9. The smallest absolute Gasteiger partial charge is 0.261 e. The van der Waals surface area contributed by atoms with E-state index in [2.05, 4.69) is 20.4 Å². The average molecular weight is 487 g/mol. The third-order valence-corrected chi connectivity index (χ3v) is 5.45. The lowest BCUT2D eigenvalue weighted by Crippen LogP contribution is -2.21. The quantitative estimate of drug-likeness (QED) is 0.384. The Balaban J connectivity index is 1.37. The van der Waals surface area contributed by atoms with Crippen molar-refractivity contribution in [2.45, 2.75) is 6.54 Å². The highest BCUT2D eigenvalue weighted by atomic mass is 35.5. The Kier molecular flexibility index (Phi) is 5.99. The Morgan fingerprint density at radius 1 is 1.09 bits per heavy atom. The van der Waals surface area contributed by atoms with Gasteiger partial charge >= 0.3 is 0 Å². The summed E-state index contributed by atoms with van der Waals surface area (Å²) >= 11 is 6.06. The van der Waals surface area contributed by atoms with Crippen molar-refractivity contribution in [1.29, 1.82) is 0 Å². The highest BCUT2D eigenvalue weighted by Gasteiger charge is 2.11. The molecule has 5 aromatic rings. The van der Waals surface area contributed by atoms with Gasteiger partial charge in [0, 0.05) is 30.5 Å². The second-order valence-corrected chi connectivity index (χ2v) is 8.26. The number of amides is 1. The number of ether oxygens (including phenoxy) is 1. The zero-order valence-corrected chi connectivity index (χ0v) is 19.3. The number of nitrogens with one attached hydrogen (secondary N) is 1. The van der Waals surface area contributed by atoms with E-state index in [9.17, 15) is 9.59 Å². The number of rotatable bonds is 6. The van der Waals surface area contributed by atoms with Gasteiger partial charge in [-0.15, -0.1) is 0 Å². The number of pyridine rings is 1. The van der Waals surface area contributed by atoms with Crippen LogP contribution in [0.1, 0.15) is 15.9 Å². The van der Waals surface area contributed by atoms with Crippen molar-refractivity contribution in [1.82, 2.24) is 24.3 Å². The molecule has 174 valence electrons. The molecule has 10 heteroatoms. The molecule has 5 rings (SSSR count). The first-order chi connectivity index (χ1) is 16.9. The van der Waals surface area contributed by atoms with Crippen LogP contribution in [0.2, 0.25) is 5.02 Å². The van der Waals surface area contributed by atoms with Gasteiger partial charge in [0.2, 0.25) is 0 Å². The van der Waals surface area contributed by atoms with Gasteiger partial charge in [-0.1, -0.05) is 23.7 Å². The summed E-state index contributed by atoms with van der Waals surface area (Å²) in [5.41, 5.74) is 1.67. The minimum absolute atomic E-state index is 0.195. The minimum Gasteiger partial charge on any atom is -0.457 e. The zero-order chi connectivity index (χ0) is 24.4. The summed E-state index contributed by atoms with van der Waals surface area (Å²) in [4.78, 5) is 34.0. The SMILES string of the molecule is Cn1cc(C(=O)Nc2cc(Oc3ccc4ncn(Cc5cccc(Cl)c5)c(=O)c4c3)ccn2)cn1. The van der Waals surface area contributed by atoms with E-state index >= 15 is 0 Å². The molecule has 0 atom stereocenters. The minimum atomic E-state index is -0.334. The van der Waals surface area contributed by atoms with E-state index in [-0.39, 0.29) is 11.5 Å². The lowest BCUT2D eigenvalue weighted by Gasteiger charge is -2.10. The van der Waals surface area contributed by atoms with Crippen LogP contribution in [0.3, 0.4) is 0 Å². The molecule has 0 radical (unpaired) electrons. The first-order valence-corrected chi connectivity index (χ1v) is 11.0. The largest absolute Gasteiger partial charge is 0.457 e. The van der Waals surface area contributed by atoms with E-state index in [1.54, 1.807) is 54.3 Å². The number of aryl methyl sites for hydroxylation is 1. The van der Waals surface area contributed by atoms with E-state index in [0.717, 1.165) is 5.56 Å². The van der Waals surface area contributed by atoms with Crippen LogP contribution in [0.4, 0.5) is 5.82 Å². The van der Waals surface area contributed by atoms with Crippen LogP contribution in [0, 0.1) is 0 Å². The molecule has 0 fully saturated rings. The summed E-state index contributed by atoms with van der Waals surface area (Å²) in [6.07, 6.45) is 6.12. The lowest BCUT2D eigenvalue weighted by atomic mass is 10.2. The van der Waals surface area contributed by atoms with Crippen LogP contribution in [-0.4, -0.2) is 30.2 Å². The molecule has 0 aliphatic rings. The predicted octanol–water partition coefficient (Wildman–Crippen LogP) is 4.27. The molecule has 0 bridgehead atoms. The van der Waals surface area contributed by atoms with Gasteiger partial charge < -0.3 is 10.1 Å². The maximum absolute atomic E-state index is 13.1. The van der Waals surface area contributed by atoms with Gasteiger partial charge in [0.25, 0.3) is 11.5 Å². The monoisotopic (exact) mass is 486 g/mol. The topological polar surface area (TPSA) is 104 Å². The molecule has 35 heavy (non-hydrogen) atoms. The molecular formula is C25H19ClN6O3. The number of carbonyl (C=O) groups is 1. The number of hydrogen-bond acceptors (Lipinski definition) is 6. The number of benzene rings is 2. The van der Waals surface area contributed by atoms with E-state index in [1.165, 1.54) is 23.3 Å². The Hall–Kier alpha value is -4.50. The van der Waals surface area contributed by atoms with Crippen LogP contribution in [0.15, 0.2) is 84.3 Å². The first-order valence-electron chi connectivity index (χ1n) is 10.6. The highest BCUT2D eigenvalue weighted by molar-refractivity contribution is 6.30. The zero-order valence-electron chi connectivity index (χ0n) is 18.6. The van der Waals surface area contributed by atoms with Crippen LogP contribution in [0.25, 0.3) is 10.9 Å². The molecule has 0 aliphatic heterocycles. The van der Waals surface area contributed by atoms with Crippen LogP contribution >= 0.6 is 11.6 Å². The number of aromatic nitrogens is 5. The van der Waals surface area contributed by atoms with Crippen molar-refractivity contribution in [2.75, 3.05) is 5.32 Å². The number of hydrogen-bond donors (Lipinski definition) is 1. The van der Waals surface area contributed by atoms with Gasteiger partial charge in [0.15, 0.2) is 0 Å². The molecule has 9 nitrogen and oxygen atoms in total. The van der Waals surface area contributed by atoms with Gasteiger partial charge in [-0.05, 0) is 42.0 Å². The fourth-order valence-corrected chi connectivity index (χ4v) is 3.77. The summed E-state index contributed by atoms with van der Waals surface area (Å²) in [5.74, 6) is 0.888. The van der Waals surface area contributed by atoms with Crippen molar-refractivity contribution in [3.05, 3.63) is 106 Å². The summed E-state index contributed by atoms with van der Waals surface area (Å²) in [6, 6.07) is 15.7. The first kappa shape index (κ1) is 22.3. The Morgan fingerprint density at radius 2 is 1.94 bits per heavy atom. The molecule has 1 amide bonds. The number of fused-ring (bicyclic) bond motifs is 1. The number of carbonyl (C=O) groups excluding carboxylic acids is 1. The number of halogens is 1. The number of anilines is 1. The molecule has 0 saturated heterocycles.